The van der Waals surface area contributed by atoms with Crippen molar-refractivity contribution in [2.45, 2.75) is 0 Å². The fourth-order valence-electron chi connectivity index (χ4n) is 6.91. The zero-order valence-corrected chi connectivity index (χ0v) is 22.9. The van der Waals surface area contributed by atoms with Crippen molar-refractivity contribution in [1.82, 2.24) is 4.57 Å². The van der Waals surface area contributed by atoms with Gasteiger partial charge in [-0.25, -0.2) is 0 Å². The molecule has 4 heteroatoms. The molecule has 40 heavy (non-hydrogen) atoms. The predicted molar refractivity (Wildman–Crippen MR) is 175 cm³/mol. The topological polar surface area (TPSA) is 8.17 Å². The average Bonchev–Trinajstić information content (AvgIpc) is 3.68. The van der Waals surface area contributed by atoms with Crippen LogP contribution in [0.1, 0.15) is 0 Å². The summed E-state index contributed by atoms with van der Waals surface area (Å²) in [6.45, 7) is 0. The molecule has 186 valence electrons. The van der Waals surface area contributed by atoms with Crippen LogP contribution in [0.25, 0.3) is 67.8 Å². The highest BCUT2D eigenvalue weighted by Crippen LogP contribution is 2.53. The van der Waals surface area contributed by atoms with E-state index in [4.69, 9.17) is 0 Å². The van der Waals surface area contributed by atoms with Crippen LogP contribution in [0.5, 0.6) is 0 Å². The van der Waals surface area contributed by atoms with E-state index in [0.717, 1.165) is 0 Å². The Morgan fingerprint density at radius 3 is 1.88 bits per heavy atom. The van der Waals surface area contributed by atoms with E-state index in [0.29, 0.717) is 0 Å². The Morgan fingerprint density at radius 2 is 1.00 bits per heavy atom. The van der Waals surface area contributed by atoms with Gasteiger partial charge in [-0.15, -0.1) is 22.7 Å². The first-order valence-corrected chi connectivity index (χ1v) is 15.2. The van der Waals surface area contributed by atoms with Gasteiger partial charge in [0.15, 0.2) is 0 Å². The third-order valence-corrected chi connectivity index (χ3v) is 10.8. The Bertz CT molecular complexity index is 2510. The molecule has 0 amide bonds. The quantitative estimate of drug-likeness (QED) is 0.199. The lowest BCUT2D eigenvalue weighted by molar-refractivity contribution is 1.12. The molecule has 0 aliphatic carbocycles. The number of nitrogens with zero attached hydrogens (tertiary/aromatic N) is 2. The lowest BCUT2D eigenvalue weighted by Gasteiger charge is -2.33. The van der Waals surface area contributed by atoms with Crippen LogP contribution in [0.2, 0.25) is 0 Å². The van der Waals surface area contributed by atoms with E-state index in [1.807, 2.05) is 22.7 Å². The highest BCUT2D eigenvalue weighted by Gasteiger charge is 2.30. The minimum atomic E-state index is 1.21. The van der Waals surface area contributed by atoms with Crippen molar-refractivity contribution in [3.8, 4) is 5.69 Å². The number of aromatic nitrogens is 1. The summed E-state index contributed by atoms with van der Waals surface area (Å²) in [5.41, 5.74) is 7.48. The monoisotopic (exact) mass is 544 g/mol. The van der Waals surface area contributed by atoms with Crippen LogP contribution in [0.15, 0.2) is 121 Å². The standard InChI is InChI=1S/C36H20N2S2/c1-5-17-30-21(9-1)24-12-8-16-29(36(24)40-30)37-26-13-3-4-14-27(26)38-34-22(11-7-15-28(34)37)23-19-20-32-33(35(23)38)25-10-2-6-18-31(25)39-32/h1-20H. The van der Waals surface area contributed by atoms with Crippen LogP contribution >= 0.6 is 22.7 Å². The van der Waals surface area contributed by atoms with Gasteiger partial charge in [-0.3, -0.25) is 0 Å². The number of rotatable bonds is 1. The number of benzene rings is 6. The van der Waals surface area contributed by atoms with Crippen molar-refractivity contribution in [1.29, 1.82) is 0 Å². The molecule has 0 N–H and O–H groups in total. The van der Waals surface area contributed by atoms with Gasteiger partial charge in [0.2, 0.25) is 0 Å². The second kappa shape index (κ2) is 7.51. The highest BCUT2D eigenvalue weighted by atomic mass is 32.1. The van der Waals surface area contributed by atoms with Crippen molar-refractivity contribution in [3.63, 3.8) is 0 Å². The van der Waals surface area contributed by atoms with Crippen molar-refractivity contribution >= 4 is 102 Å². The average molecular weight is 545 g/mol. The molecule has 4 heterocycles. The SMILES string of the molecule is c1ccc2c(c1)N(c1cccc3c1sc1ccccc13)c1cccc3c4ccc5sc6ccccc6c5c4n-2c13. The Labute approximate surface area is 237 Å². The van der Waals surface area contributed by atoms with E-state index in [1.165, 1.54) is 84.9 Å². The summed E-state index contributed by atoms with van der Waals surface area (Å²) in [7, 11) is 0. The largest absolute Gasteiger partial charge is 0.305 e. The molecule has 0 unspecified atom stereocenters. The van der Waals surface area contributed by atoms with Gasteiger partial charge in [-0.2, -0.15) is 0 Å². The zero-order chi connectivity index (χ0) is 25.9. The zero-order valence-electron chi connectivity index (χ0n) is 21.3. The maximum absolute atomic E-state index is 2.54. The third kappa shape index (κ3) is 2.54. The summed E-state index contributed by atoms with van der Waals surface area (Å²) < 4.78 is 7.87. The Kier molecular flexibility index (Phi) is 3.98. The van der Waals surface area contributed by atoms with Crippen LogP contribution in [0.3, 0.4) is 0 Å². The number of fused-ring (bicyclic) bond motifs is 12. The molecule has 0 saturated heterocycles. The fourth-order valence-corrected chi connectivity index (χ4v) is 9.22. The highest BCUT2D eigenvalue weighted by molar-refractivity contribution is 7.26. The molecule has 0 bridgehead atoms. The first-order valence-electron chi connectivity index (χ1n) is 13.5. The molecule has 0 atom stereocenters. The molecule has 3 aromatic heterocycles. The van der Waals surface area contributed by atoms with Gasteiger partial charge in [0.1, 0.15) is 0 Å². The summed E-state index contributed by atoms with van der Waals surface area (Å²) in [6, 6.07) is 44.8. The molecular weight excluding hydrogens is 525 g/mol. The molecule has 0 saturated carbocycles. The van der Waals surface area contributed by atoms with E-state index in [2.05, 4.69) is 131 Å². The number of para-hydroxylation sites is 3. The van der Waals surface area contributed by atoms with Gasteiger partial charge < -0.3 is 9.47 Å². The Balaban J connectivity index is 1.40. The van der Waals surface area contributed by atoms with E-state index >= 15 is 0 Å². The lowest BCUT2D eigenvalue weighted by atomic mass is 10.1. The second-order valence-electron chi connectivity index (χ2n) is 10.5. The Hall–Kier alpha value is -4.64. The molecule has 9 aromatic rings. The number of hydrogen-bond donors (Lipinski definition) is 0. The predicted octanol–water partition coefficient (Wildman–Crippen LogP) is 11.3. The molecule has 1 aliphatic rings. The molecule has 6 aromatic carbocycles. The van der Waals surface area contributed by atoms with Crippen LogP contribution in [-0.4, -0.2) is 4.57 Å². The first kappa shape index (κ1) is 21.2. The van der Waals surface area contributed by atoms with Crippen molar-refractivity contribution in [3.05, 3.63) is 121 Å². The molecular formula is C36H20N2S2. The molecule has 0 spiro atoms. The van der Waals surface area contributed by atoms with Gasteiger partial charge in [-0.05, 0) is 42.5 Å². The fraction of sp³-hybridized carbons (Fsp3) is 0. The normalized spacial score (nSPS) is 12.9. The van der Waals surface area contributed by atoms with Gasteiger partial charge in [0, 0.05) is 46.4 Å². The van der Waals surface area contributed by atoms with E-state index in [1.54, 1.807) is 0 Å². The molecule has 10 rings (SSSR count). The Morgan fingerprint density at radius 1 is 0.375 bits per heavy atom. The summed E-state index contributed by atoms with van der Waals surface area (Å²) in [5, 5.41) is 7.95. The van der Waals surface area contributed by atoms with Crippen LogP contribution < -0.4 is 4.90 Å². The van der Waals surface area contributed by atoms with Crippen molar-refractivity contribution < 1.29 is 0 Å². The van der Waals surface area contributed by atoms with Crippen LogP contribution in [0.4, 0.5) is 17.1 Å². The van der Waals surface area contributed by atoms with Crippen molar-refractivity contribution in [2.24, 2.45) is 0 Å². The summed E-state index contributed by atoms with van der Waals surface area (Å²) in [5.74, 6) is 0. The molecule has 0 fully saturated rings. The maximum atomic E-state index is 2.54. The van der Waals surface area contributed by atoms with E-state index in [9.17, 15) is 0 Å². The third-order valence-electron chi connectivity index (χ3n) is 8.50. The van der Waals surface area contributed by atoms with E-state index < -0.39 is 0 Å². The van der Waals surface area contributed by atoms with Gasteiger partial charge in [0.05, 0.1) is 38.5 Å². The molecule has 2 nitrogen and oxygen atoms in total. The first-order chi connectivity index (χ1) is 19.9. The summed E-state index contributed by atoms with van der Waals surface area (Å²) >= 11 is 3.78. The van der Waals surface area contributed by atoms with Gasteiger partial charge >= 0.3 is 0 Å². The lowest BCUT2D eigenvalue weighted by Crippen LogP contribution is -2.18. The maximum Gasteiger partial charge on any atom is 0.0783 e. The van der Waals surface area contributed by atoms with Gasteiger partial charge in [-0.1, -0.05) is 78.9 Å². The molecule has 0 radical (unpaired) electrons. The number of anilines is 3. The van der Waals surface area contributed by atoms with Crippen molar-refractivity contribution in [2.75, 3.05) is 4.90 Å². The van der Waals surface area contributed by atoms with Crippen LogP contribution in [0, 0.1) is 0 Å². The number of hydrogen-bond acceptors (Lipinski definition) is 3. The summed E-state index contributed by atoms with van der Waals surface area (Å²) in [4.78, 5) is 2.50. The smallest absolute Gasteiger partial charge is 0.0783 e. The molecule has 1 aliphatic heterocycles. The van der Waals surface area contributed by atoms with Crippen LogP contribution in [-0.2, 0) is 0 Å². The van der Waals surface area contributed by atoms with Gasteiger partial charge in [0.25, 0.3) is 0 Å². The van der Waals surface area contributed by atoms with E-state index in [-0.39, 0.29) is 0 Å². The minimum Gasteiger partial charge on any atom is -0.305 e. The summed E-state index contributed by atoms with van der Waals surface area (Å²) in [6.07, 6.45) is 0. The second-order valence-corrected chi connectivity index (χ2v) is 12.7. The minimum absolute atomic E-state index is 1.21. The number of thiophene rings is 2.